The van der Waals surface area contributed by atoms with Crippen LogP contribution in [0.5, 0.6) is 17.2 Å². The average Bonchev–Trinajstić information content (AvgIpc) is 2.95. The number of carbonyl (C=O) groups is 2. The Morgan fingerprint density at radius 2 is 1.16 bits per heavy atom. The third-order valence-electron chi connectivity index (χ3n) is 6.18. The van der Waals surface area contributed by atoms with E-state index in [1.165, 1.54) is 0 Å². The molecule has 3 rings (SSSR count). The number of esters is 2. The normalized spacial score (nSPS) is 11.4. The predicted molar refractivity (Wildman–Crippen MR) is 149 cm³/mol. The third kappa shape index (κ3) is 9.25. The van der Waals surface area contributed by atoms with E-state index < -0.39 is 5.97 Å². The molecule has 6 nitrogen and oxygen atoms in total. The molecule has 0 fully saturated rings. The van der Waals surface area contributed by atoms with Gasteiger partial charge in [-0.25, -0.2) is 4.79 Å². The van der Waals surface area contributed by atoms with E-state index in [2.05, 4.69) is 6.92 Å². The van der Waals surface area contributed by atoms with Gasteiger partial charge >= 0.3 is 11.9 Å². The smallest absolute Gasteiger partial charge is 0.343 e. The molecule has 0 bridgehead atoms. The topological polar surface area (TPSA) is 71.1 Å². The molecule has 0 aliphatic carbocycles. The van der Waals surface area contributed by atoms with E-state index in [0.717, 1.165) is 55.6 Å². The molecule has 1 unspecified atom stereocenters. The Morgan fingerprint density at radius 3 is 1.71 bits per heavy atom. The maximum atomic E-state index is 12.6. The number of unbranched alkanes of at least 4 members (excludes halogenated alkanes) is 2. The summed E-state index contributed by atoms with van der Waals surface area (Å²) in [5.41, 5.74) is 2.53. The maximum Gasteiger partial charge on any atom is 0.343 e. The van der Waals surface area contributed by atoms with Gasteiger partial charge in [-0.1, -0.05) is 51.5 Å². The van der Waals surface area contributed by atoms with Crippen molar-refractivity contribution in [1.82, 2.24) is 0 Å². The van der Waals surface area contributed by atoms with Gasteiger partial charge in [-0.15, -0.1) is 0 Å². The monoisotopic (exact) mass is 518 g/mol. The summed E-state index contributed by atoms with van der Waals surface area (Å²) < 4.78 is 22.2. The van der Waals surface area contributed by atoms with Crippen molar-refractivity contribution in [2.45, 2.75) is 52.9 Å². The second kappa shape index (κ2) is 15.5. The van der Waals surface area contributed by atoms with Crippen molar-refractivity contribution in [1.29, 1.82) is 0 Å². The lowest BCUT2D eigenvalue weighted by Gasteiger charge is -2.10. The molecule has 0 aliphatic heterocycles. The molecule has 1 atom stereocenters. The molecular weight excluding hydrogens is 480 g/mol. The first-order valence-electron chi connectivity index (χ1n) is 13.4. The van der Waals surface area contributed by atoms with Crippen molar-refractivity contribution in [2.75, 3.05) is 19.8 Å². The van der Waals surface area contributed by atoms with Crippen LogP contribution in [0.2, 0.25) is 0 Å². The molecule has 202 valence electrons. The first kappa shape index (κ1) is 28.8. The Hall–Kier alpha value is -3.80. The number of benzene rings is 3. The third-order valence-corrected chi connectivity index (χ3v) is 6.18. The standard InChI is InChI=1S/C32H38O6/c1-4-6-21-35-28-15-9-25(10-16-28)26-11-19-30(20-12-26)38-32(34)27-13-17-29(18-14-27)36-22-7-8-23-37-31(33)24(3)5-2/h9-20,24H,4-8,21-23H2,1-3H3. The molecule has 0 radical (unpaired) electrons. The van der Waals surface area contributed by atoms with Crippen molar-refractivity contribution in [2.24, 2.45) is 5.92 Å². The first-order valence-corrected chi connectivity index (χ1v) is 13.4. The quantitative estimate of drug-likeness (QED) is 0.118. The van der Waals surface area contributed by atoms with Crippen LogP contribution in [0.25, 0.3) is 11.1 Å². The summed E-state index contributed by atoms with van der Waals surface area (Å²) in [6, 6.07) is 22.3. The van der Waals surface area contributed by atoms with E-state index >= 15 is 0 Å². The average molecular weight is 519 g/mol. The molecule has 0 N–H and O–H groups in total. The van der Waals surface area contributed by atoms with E-state index in [9.17, 15) is 9.59 Å². The highest BCUT2D eigenvalue weighted by atomic mass is 16.5. The maximum absolute atomic E-state index is 12.6. The van der Waals surface area contributed by atoms with Crippen LogP contribution in [-0.4, -0.2) is 31.8 Å². The Kier molecular flexibility index (Phi) is 11.7. The van der Waals surface area contributed by atoms with Gasteiger partial charge < -0.3 is 18.9 Å². The summed E-state index contributed by atoms with van der Waals surface area (Å²) in [6.07, 6.45) is 4.44. The summed E-state index contributed by atoms with van der Waals surface area (Å²) in [5.74, 6) is 1.38. The Balaban J connectivity index is 1.41. The van der Waals surface area contributed by atoms with Crippen LogP contribution in [-0.2, 0) is 9.53 Å². The SMILES string of the molecule is CCCCOc1ccc(-c2ccc(OC(=O)c3ccc(OCCCCOC(=O)C(C)CC)cc3)cc2)cc1. The van der Waals surface area contributed by atoms with Gasteiger partial charge in [0, 0.05) is 0 Å². The predicted octanol–water partition coefficient (Wildman–Crippen LogP) is 7.50. The zero-order valence-corrected chi connectivity index (χ0v) is 22.6. The fourth-order valence-electron chi connectivity index (χ4n) is 3.52. The van der Waals surface area contributed by atoms with Gasteiger partial charge in [0.2, 0.25) is 0 Å². The molecule has 3 aromatic rings. The van der Waals surface area contributed by atoms with Crippen LogP contribution in [0.4, 0.5) is 0 Å². The molecule has 0 spiro atoms. The summed E-state index contributed by atoms with van der Waals surface area (Å²) in [6.45, 7) is 7.61. The lowest BCUT2D eigenvalue weighted by molar-refractivity contribution is -0.148. The van der Waals surface area contributed by atoms with E-state index in [1.807, 2.05) is 50.2 Å². The van der Waals surface area contributed by atoms with Gasteiger partial charge in [0.05, 0.1) is 31.3 Å². The highest BCUT2D eigenvalue weighted by molar-refractivity contribution is 5.91. The number of rotatable bonds is 15. The van der Waals surface area contributed by atoms with E-state index in [1.54, 1.807) is 36.4 Å². The Bertz CT molecular complexity index is 1120. The Labute approximate surface area is 225 Å². The van der Waals surface area contributed by atoms with Gasteiger partial charge in [-0.3, -0.25) is 4.79 Å². The Morgan fingerprint density at radius 1 is 0.658 bits per heavy atom. The lowest BCUT2D eigenvalue weighted by atomic mass is 10.1. The number of ether oxygens (including phenoxy) is 4. The fraction of sp³-hybridized carbons (Fsp3) is 0.375. The fourth-order valence-corrected chi connectivity index (χ4v) is 3.52. The molecule has 0 aromatic heterocycles. The van der Waals surface area contributed by atoms with Crippen LogP contribution >= 0.6 is 0 Å². The van der Waals surface area contributed by atoms with Crippen molar-refractivity contribution < 1.29 is 28.5 Å². The second-order valence-corrected chi connectivity index (χ2v) is 9.20. The van der Waals surface area contributed by atoms with Gasteiger partial charge in [0.15, 0.2) is 0 Å². The van der Waals surface area contributed by atoms with Gasteiger partial charge in [-0.2, -0.15) is 0 Å². The van der Waals surface area contributed by atoms with Gasteiger partial charge in [0.1, 0.15) is 17.2 Å². The first-order chi connectivity index (χ1) is 18.5. The van der Waals surface area contributed by atoms with Gasteiger partial charge in [-0.05, 0) is 85.3 Å². The minimum Gasteiger partial charge on any atom is -0.494 e. The molecule has 38 heavy (non-hydrogen) atoms. The molecule has 0 saturated heterocycles. The van der Waals surface area contributed by atoms with Crippen LogP contribution in [0.1, 0.15) is 63.2 Å². The van der Waals surface area contributed by atoms with Crippen LogP contribution in [0.15, 0.2) is 72.8 Å². The number of hydrogen-bond acceptors (Lipinski definition) is 6. The zero-order valence-electron chi connectivity index (χ0n) is 22.6. The molecule has 3 aromatic carbocycles. The molecular formula is C32H38O6. The van der Waals surface area contributed by atoms with Crippen molar-refractivity contribution in [3.05, 3.63) is 78.4 Å². The molecule has 0 amide bonds. The minimum atomic E-state index is -0.430. The highest BCUT2D eigenvalue weighted by Gasteiger charge is 2.12. The minimum absolute atomic E-state index is 0.0606. The second-order valence-electron chi connectivity index (χ2n) is 9.20. The summed E-state index contributed by atoms with van der Waals surface area (Å²) in [5, 5.41) is 0. The van der Waals surface area contributed by atoms with E-state index in [0.29, 0.717) is 30.3 Å². The van der Waals surface area contributed by atoms with Crippen molar-refractivity contribution in [3.8, 4) is 28.4 Å². The molecule has 0 aliphatic rings. The molecule has 0 heterocycles. The van der Waals surface area contributed by atoms with Crippen LogP contribution < -0.4 is 14.2 Å². The summed E-state index contributed by atoms with van der Waals surface area (Å²) in [7, 11) is 0. The summed E-state index contributed by atoms with van der Waals surface area (Å²) >= 11 is 0. The van der Waals surface area contributed by atoms with E-state index in [4.69, 9.17) is 18.9 Å². The van der Waals surface area contributed by atoms with Crippen LogP contribution in [0.3, 0.4) is 0 Å². The zero-order chi connectivity index (χ0) is 27.2. The number of carbonyl (C=O) groups excluding carboxylic acids is 2. The van der Waals surface area contributed by atoms with Gasteiger partial charge in [0.25, 0.3) is 0 Å². The summed E-state index contributed by atoms with van der Waals surface area (Å²) in [4.78, 5) is 24.2. The number of hydrogen-bond donors (Lipinski definition) is 0. The highest BCUT2D eigenvalue weighted by Crippen LogP contribution is 2.25. The lowest BCUT2D eigenvalue weighted by Crippen LogP contribution is -2.15. The molecule has 6 heteroatoms. The molecule has 0 saturated carbocycles. The van der Waals surface area contributed by atoms with Crippen molar-refractivity contribution >= 4 is 11.9 Å². The van der Waals surface area contributed by atoms with E-state index in [-0.39, 0.29) is 11.9 Å². The van der Waals surface area contributed by atoms with Crippen LogP contribution in [0, 0.1) is 5.92 Å². The van der Waals surface area contributed by atoms with Crippen molar-refractivity contribution in [3.63, 3.8) is 0 Å². The largest absolute Gasteiger partial charge is 0.494 e.